The summed E-state index contributed by atoms with van der Waals surface area (Å²) < 4.78 is 18.7. The Kier molecular flexibility index (Phi) is 2.42. The largest absolute Gasteiger partial charge is 0.496 e. The number of rotatable bonds is 2. The van der Waals surface area contributed by atoms with Gasteiger partial charge in [-0.1, -0.05) is 6.07 Å². The maximum Gasteiger partial charge on any atom is 0.130 e. The van der Waals surface area contributed by atoms with Gasteiger partial charge in [-0.3, -0.25) is 0 Å². The maximum absolute atomic E-state index is 13.5. The number of halogens is 1. The van der Waals surface area contributed by atoms with Crippen molar-refractivity contribution in [1.29, 1.82) is 0 Å². The molecule has 0 spiro atoms. The molecule has 1 fully saturated rings. The summed E-state index contributed by atoms with van der Waals surface area (Å²) in [4.78, 5) is 0. The summed E-state index contributed by atoms with van der Waals surface area (Å²) in [7, 11) is 1.57. The van der Waals surface area contributed by atoms with Crippen molar-refractivity contribution in [2.45, 2.75) is 24.8 Å². The van der Waals surface area contributed by atoms with Crippen LogP contribution in [0.3, 0.4) is 0 Å². The van der Waals surface area contributed by atoms with Crippen molar-refractivity contribution in [2.24, 2.45) is 5.73 Å². The van der Waals surface area contributed by atoms with Gasteiger partial charge in [0.25, 0.3) is 0 Å². The third kappa shape index (κ3) is 1.48. The van der Waals surface area contributed by atoms with E-state index in [1.54, 1.807) is 19.2 Å². The maximum atomic E-state index is 13.5. The molecule has 0 aromatic heterocycles. The zero-order valence-corrected chi connectivity index (χ0v) is 8.16. The molecule has 14 heavy (non-hydrogen) atoms. The van der Waals surface area contributed by atoms with Crippen molar-refractivity contribution >= 4 is 0 Å². The van der Waals surface area contributed by atoms with Gasteiger partial charge in [0, 0.05) is 11.6 Å². The van der Waals surface area contributed by atoms with Crippen LogP contribution in [-0.4, -0.2) is 13.2 Å². The summed E-state index contributed by atoms with van der Waals surface area (Å²) in [6.07, 6.45) is 1.72. The van der Waals surface area contributed by atoms with E-state index in [2.05, 4.69) is 0 Å². The molecule has 1 aromatic rings. The molecule has 1 saturated carbocycles. The topological polar surface area (TPSA) is 35.2 Å². The second kappa shape index (κ2) is 3.58. The molecular weight excluding hydrogens is 181 g/mol. The molecule has 3 heteroatoms. The first-order valence-electron chi connectivity index (χ1n) is 4.80. The molecule has 2 nitrogen and oxygen atoms in total. The van der Waals surface area contributed by atoms with Crippen molar-refractivity contribution in [3.05, 3.63) is 29.6 Å². The summed E-state index contributed by atoms with van der Waals surface area (Å²) in [5, 5.41) is 0. The van der Waals surface area contributed by atoms with E-state index < -0.39 is 0 Å². The van der Waals surface area contributed by atoms with Crippen LogP contribution in [0, 0.1) is 5.82 Å². The smallest absolute Gasteiger partial charge is 0.130 e. The van der Waals surface area contributed by atoms with E-state index >= 15 is 0 Å². The van der Waals surface area contributed by atoms with Crippen molar-refractivity contribution in [3.63, 3.8) is 0 Å². The molecule has 0 bridgehead atoms. The van der Waals surface area contributed by atoms with Gasteiger partial charge in [-0.05, 0) is 30.9 Å². The second-order valence-electron chi connectivity index (χ2n) is 3.78. The highest BCUT2D eigenvalue weighted by atomic mass is 19.1. The Morgan fingerprint density at radius 2 is 2.14 bits per heavy atom. The van der Waals surface area contributed by atoms with Crippen molar-refractivity contribution in [2.75, 3.05) is 7.11 Å². The summed E-state index contributed by atoms with van der Waals surface area (Å²) in [5.74, 6) is 0.698. The van der Waals surface area contributed by atoms with Gasteiger partial charge in [0.1, 0.15) is 11.6 Å². The number of hydrogen-bond acceptors (Lipinski definition) is 2. The lowest BCUT2D eigenvalue weighted by Gasteiger charge is -2.33. The molecular formula is C11H14FNO. The Hall–Kier alpha value is -1.09. The average Bonchev–Trinajstić information content (AvgIpc) is 2.13. The van der Waals surface area contributed by atoms with Gasteiger partial charge < -0.3 is 10.5 Å². The molecule has 1 aromatic carbocycles. The molecule has 76 valence electrons. The van der Waals surface area contributed by atoms with Gasteiger partial charge in [0.15, 0.2) is 0 Å². The van der Waals surface area contributed by atoms with Crippen LogP contribution in [0.15, 0.2) is 18.2 Å². The van der Waals surface area contributed by atoms with Gasteiger partial charge in [-0.15, -0.1) is 0 Å². The van der Waals surface area contributed by atoms with Crippen molar-refractivity contribution in [1.82, 2.24) is 0 Å². The van der Waals surface area contributed by atoms with E-state index in [4.69, 9.17) is 10.5 Å². The van der Waals surface area contributed by atoms with E-state index in [1.165, 1.54) is 6.07 Å². The first-order chi connectivity index (χ1) is 6.72. The molecule has 2 N–H and O–H groups in total. The minimum Gasteiger partial charge on any atom is -0.496 e. The first kappa shape index (κ1) is 9.46. The Labute approximate surface area is 82.9 Å². The van der Waals surface area contributed by atoms with Crippen LogP contribution in [-0.2, 0) is 0 Å². The first-order valence-corrected chi connectivity index (χ1v) is 4.80. The fourth-order valence-electron chi connectivity index (χ4n) is 1.99. The van der Waals surface area contributed by atoms with Gasteiger partial charge in [0.2, 0.25) is 0 Å². The van der Waals surface area contributed by atoms with E-state index in [9.17, 15) is 4.39 Å². The van der Waals surface area contributed by atoms with Crippen LogP contribution in [0.2, 0.25) is 0 Å². The molecule has 0 saturated heterocycles. The summed E-state index contributed by atoms with van der Waals surface area (Å²) >= 11 is 0. The summed E-state index contributed by atoms with van der Waals surface area (Å²) in [6.45, 7) is 0. The number of methoxy groups -OCH3 is 1. The van der Waals surface area contributed by atoms with Gasteiger partial charge in [0.05, 0.1) is 7.11 Å². The normalized spacial score (nSPS) is 25.6. The molecule has 0 heterocycles. The van der Waals surface area contributed by atoms with Gasteiger partial charge >= 0.3 is 0 Å². The van der Waals surface area contributed by atoms with Crippen LogP contribution in [0.5, 0.6) is 5.75 Å². The standard InChI is InChI=1S/C11H14FNO/c1-14-10-4-2-3-9(12)11(10)7-5-8(13)6-7/h2-4,7-8H,5-6,13H2,1H3. The number of ether oxygens (including phenoxy) is 1. The number of benzene rings is 1. The molecule has 0 amide bonds. The molecule has 0 unspecified atom stereocenters. The fraction of sp³-hybridized carbons (Fsp3) is 0.455. The fourth-order valence-corrected chi connectivity index (χ4v) is 1.99. The average molecular weight is 195 g/mol. The molecule has 1 aliphatic carbocycles. The zero-order chi connectivity index (χ0) is 10.1. The predicted octanol–water partition coefficient (Wildman–Crippen LogP) is 2.04. The monoisotopic (exact) mass is 195 g/mol. The van der Waals surface area contributed by atoms with Crippen LogP contribution in [0.1, 0.15) is 24.3 Å². The summed E-state index contributed by atoms with van der Waals surface area (Å²) in [6, 6.07) is 5.16. The molecule has 1 aliphatic rings. The van der Waals surface area contributed by atoms with Crippen molar-refractivity contribution in [3.8, 4) is 5.75 Å². The van der Waals surface area contributed by atoms with Gasteiger partial charge in [-0.25, -0.2) is 4.39 Å². The lowest BCUT2D eigenvalue weighted by Crippen LogP contribution is -2.35. The van der Waals surface area contributed by atoms with Crippen molar-refractivity contribution < 1.29 is 9.13 Å². The van der Waals surface area contributed by atoms with Crippen LogP contribution in [0.25, 0.3) is 0 Å². The number of hydrogen-bond donors (Lipinski definition) is 1. The second-order valence-corrected chi connectivity index (χ2v) is 3.78. The minimum atomic E-state index is -0.179. The Morgan fingerprint density at radius 3 is 2.71 bits per heavy atom. The highest BCUT2D eigenvalue weighted by Gasteiger charge is 2.31. The molecule has 0 aliphatic heterocycles. The molecule has 0 atom stereocenters. The molecule has 2 rings (SSSR count). The lowest BCUT2D eigenvalue weighted by atomic mass is 9.76. The van der Waals surface area contributed by atoms with Crippen LogP contribution >= 0.6 is 0 Å². The lowest BCUT2D eigenvalue weighted by molar-refractivity contribution is 0.323. The highest BCUT2D eigenvalue weighted by Crippen LogP contribution is 2.41. The van der Waals surface area contributed by atoms with E-state index in [0.29, 0.717) is 11.3 Å². The quantitative estimate of drug-likeness (QED) is 0.783. The Balaban J connectivity index is 2.30. The number of nitrogens with two attached hydrogens (primary N) is 1. The zero-order valence-electron chi connectivity index (χ0n) is 8.16. The third-order valence-electron chi connectivity index (χ3n) is 2.82. The van der Waals surface area contributed by atoms with Crippen LogP contribution in [0.4, 0.5) is 4.39 Å². The van der Waals surface area contributed by atoms with E-state index in [0.717, 1.165) is 12.8 Å². The Morgan fingerprint density at radius 1 is 1.43 bits per heavy atom. The highest BCUT2D eigenvalue weighted by molar-refractivity contribution is 5.39. The van der Waals surface area contributed by atoms with Crippen LogP contribution < -0.4 is 10.5 Å². The summed E-state index contributed by atoms with van der Waals surface area (Å²) in [5.41, 5.74) is 6.38. The van der Waals surface area contributed by atoms with E-state index in [1.807, 2.05) is 0 Å². The van der Waals surface area contributed by atoms with Gasteiger partial charge in [-0.2, -0.15) is 0 Å². The SMILES string of the molecule is COc1cccc(F)c1C1CC(N)C1. The van der Waals surface area contributed by atoms with E-state index in [-0.39, 0.29) is 17.8 Å². The predicted molar refractivity (Wildman–Crippen MR) is 52.9 cm³/mol. The third-order valence-corrected chi connectivity index (χ3v) is 2.82. The minimum absolute atomic E-state index is 0.179. The molecule has 0 radical (unpaired) electrons. The Bertz CT molecular complexity index is 334.